The first-order chi connectivity index (χ1) is 7.81. The molecule has 0 saturated heterocycles. The number of alkyl halides is 1. The number of hydrogen-bond acceptors (Lipinski definition) is 2. The zero-order chi connectivity index (χ0) is 11.4. The number of rotatable bonds is 3. The molecule has 82 valence electrons. The summed E-state index contributed by atoms with van der Waals surface area (Å²) < 4.78 is 5.74. The van der Waals surface area contributed by atoms with Crippen molar-refractivity contribution in [2.75, 3.05) is 0 Å². The van der Waals surface area contributed by atoms with Crippen LogP contribution in [0, 0.1) is 6.92 Å². The van der Waals surface area contributed by atoms with E-state index in [-0.39, 0.29) is 0 Å². The minimum atomic E-state index is 0.398. The second kappa shape index (κ2) is 4.99. The van der Waals surface area contributed by atoms with E-state index >= 15 is 0 Å². The molecule has 1 aromatic heterocycles. The number of aryl methyl sites for hydroxylation is 1. The largest absolute Gasteiger partial charge is 0.438 e. The molecule has 3 heteroatoms. The standard InChI is InChI=1S/C13H12ClNO/c1-10-5-2-3-7-12(10)16-13-11(9-14)6-4-8-15-13/h2-8H,9H2,1H3. The van der Waals surface area contributed by atoms with Gasteiger partial charge >= 0.3 is 0 Å². The Morgan fingerprint density at radius 1 is 1.19 bits per heavy atom. The number of nitrogens with zero attached hydrogens (tertiary/aromatic N) is 1. The third-order valence-corrected chi connectivity index (χ3v) is 2.58. The third-order valence-electron chi connectivity index (χ3n) is 2.29. The van der Waals surface area contributed by atoms with Gasteiger partial charge in [-0.2, -0.15) is 0 Å². The van der Waals surface area contributed by atoms with Gasteiger partial charge in [-0.3, -0.25) is 0 Å². The summed E-state index contributed by atoms with van der Waals surface area (Å²) in [6, 6.07) is 11.6. The van der Waals surface area contributed by atoms with Crippen molar-refractivity contribution in [1.82, 2.24) is 4.98 Å². The van der Waals surface area contributed by atoms with Gasteiger partial charge in [0.25, 0.3) is 0 Å². The van der Waals surface area contributed by atoms with Crippen molar-refractivity contribution in [3.63, 3.8) is 0 Å². The summed E-state index contributed by atoms with van der Waals surface area (Å²) in [6.07, 6.45) is 1.70. The fraction of sp³-hybridized carbons (Fsp3) is 0.154. The molecular formula is C13H12ClNO. The Hall–Kier alpha value is -1.54. The molecule has 0 atom stereocenters. The highest BCUT2D eigenvalue weighted by molar-refractivity contribution is 6.17. The van der Waals surface area contributed by atoms with E-state index < -0.39 is 0 Å². The van der Waals surface area contributed by atoms with E-state index in [9.17, 15) is 0 Å². The van der Waals surface area contributed by atoms with Crippen LogP contribution in [0.5, 0.6) is 11.6 Å². The fourth-order valence-corrected chi connectivity index (χ4v) is 1.60. The van der Waals surface area contributed by atoms with E-state index in [1.165, 1.54) is 0 Å². The molecule has 0 spiro atoms. The molecule has 0 aliphatic heterocycles. The minimum Gasteiger partial charge on any atom is -0.438 e. The van der Waals surface area contributed by atoms with Crippen LogP contribution in [0.4, 0.5) is 0 Å². The monoisotopic (exact) mass is 233 g/mol. The van der Waals surface area contributed by atoms with Crippen LogP contribution in [0.15, 0.2) is 42.6 Å². The van der Waals surface area contributed by atoms with Crippen LogP contribution >= 0.6 is 11.6 Å². The molecule has 0 saturated carbocycles. The first-order valence-corrected chi connectivity index (χ1v) is 5.58. The SMILES string of the molecule is Cc1ccccc1Oc1ncccc1CCl. The highest BCUT2D eigenvalue weighted by Gasteiger charge is 2.06. The Labute approximate surface area is 99.9 Å². The van der Waals surface area contributed by atoms with Crippen LogP contribution in [-0.4, -0.2) is 4.98 Å². The van der Waals surface area contributed by atoms with Crippen LogP contribution in [0.25, 0.3) is 0 Å². The van der Waals surface area contributed by atoms with Gasteiger partial charge in [-0.15, -0.1) is 11.6 Å². The summed E-state index contributed by atoms with van der Waals surface area (Å²) in [5.41, 5.74) is 1.97. The normalized spacial score (nSPS) is 10.1. The molecule has 0 bridgehead atoms. The lowest BCUT2D eigenvalue weighted by molar-refractivity contribution is 0.455. The summed E-state index contributed by atoms with van der Waals surface area (Å²) in [4.78, 5) is 4.18. The maximum absolute atomic E-state index is 5.82. The molecule has 0 aliphatic rings. The lowest BCUT2D eigenvalue weighted by Gasteiger charge is -2.09. The molecule has 2 nitrogen and oxygen atoms in total. The van der Waals surface area contributed by atoms with Gasteiger partial charge in [-0.1, -0.05) is 24.3 Å². The molecule has 1 aromatic carbocycles. The molecular weight excluding hydrogens is 222 g/mol. The molecule has 0 radical (unpaired) electrons. The van der Waals surface area contributed by atoms with Gasteiger partial charge in [0.15, 0.2) is 0 Å². The van der Waals surface area contributed by atoms with Crippen LogP contribution in [0.2, 0.25) is 0 Å². The predicted octanol–water partition coefficient (Wildman–Crippen LogP) is 3.92. The Bertz CT molecular complexity index is 485. The number of para-hydroxylation sites is 1. The van der Waals surface area contributed by atoms with E-state index in [0.717, 1.165) is 16.9 Å². The topological polar surface area (TPSA) is 22.1 Å². The molecule has 2 rings (SSSR count). The van der Waals surface area contributed by atoms with Crippen molar-refractivity contribution < 1.29 is 4.74 Å². The van der Waals surface area contributed by atoms with Crippen molar-refractivity contribution in [1.29, 1.82) is 0 Å². The van der Waals surface area contributed by atoms with Crippen LogP contribution in [0.1, 0.15) is 11.1 Å². The summed E-state index contributed by atoms with van der Waals surface area (Å²) in [7, 11) is 0. The Morgan fingerprint density at radius 2 is 2.00 bits per heavy atom. The van der Waals surface area contributed by atoms with Crippen LogP contribution < -0.4 is 4.74 Å². The quantitative estimate of drug-likeness (QED) is 0.750. The van der Waals surface area contributed by atoms with Gasteiger partial charge < -0.3 is 4.74 Å². The predicted molar refractivity (Wildman–Crippen MR) is 65.0 cm³/mol. The zero-order valence-electron chi connectivity index (χ0n) is 8.98. The van der Waals surface area contributed by atoms with E-state index in [2.05, 4.69) is 4.98 Å². The Balaban J connectivity index is 2.30. The number of pyridine rings is 1. The van der Waals surface area contributed by atoms with E-state index in [4.69, 9.17) is 16.3 Å². The highest BCUT2D eigenvalue weighted by Crippen LogP contribution is 2.26. The van der Waals surface area contributed by atoms with Gasteiger partial charge in [0.1, 0.15) is 5.75 Å². The van der Waals surface area contributed by atoms with Crippen molar-refractivity contribution in [3.05, 3.63) is 53.7 Å². The molecule has 0 amide bonds. The molecule has 1 heterocycles. The van der Waals surface area contributed by atoms with Crippen molar-refractivity contribution in [3.8, 4) is 11.6 Å². The van der Waals surface area contributed by atoms with Gasteiger partial charge in [0, 0.05) is 11.8 Å². The highest BCUT2D eigenvalue weighted by atomic mass is 35.5. The Kier molecular flexibility index (Phi) is 3.42. The number of hydrogen-bond donors (Lipinski definition) is 0. The smallest absolute Gasteiger partial charge is 0.223 e. The van der Waals surface area contributed by atoms with Crippen LogP contribution in [-0.2, 0) is 5.88 Å². The van der Waals surface area contributed by atoms with Crippen molar-refractivity contribution in [2.45, 2.75) is 12.8 Å². The third kappa shape index (κ3) is 2.34. The van der Waals surface area contributed by atoms with Crippen LogP contribution in [0.3, 0.4) is 0 Å². The first kappa shape index (κ1) is 11.0. The van der Waals surface area contributed by atoms with E-state index in [1.807, 2.05) is 43.3 Å². The molecule has 0 fully saturated rings. The average molecular weight is 234 g/mol. The van der Waals surface area contributed by atoms with E-state index in [0.29, 0.717) is 11.8 Å². The lowest BCUT2D eigenvalue weighted by Crippen LogP contribution is -1.93. The molecule has 2 aromatic rings. The second-order valence-electron chi connectivity index (χ2n) is 3.47. The first-order valence-electron chi connectivity index (χ1n) is 5.04. The molecule has 16 heavy (non-hydrogen) atoms. The second-order valence-corrected chi connectivity index (χ2v) is 3.74. The maximum atomic E-state index is 5.82. The van der Waals surface area contributed by atoms with Gasteiger partial charge in [0.05, 0.1) is 5.88 Å². The maximum Gasteiger partial charge on any atom is 0.223 e. The average Bonchev–Trinajstić information content (AvgIpc) is 2.33. The number of halogens is 1. The van der Waals surface area contributed by atoms with Gasteiger partial charge in [-0.25, -0.2) is 4.98 Å². The fourth-order valence-electron chi connectivity index (χ4n) is 1.39. The number of aromatic nitrogens is 1. The lowest BCUT2D eigenvalue weighted by atomic mass is 10.2. The summed E-state index contributed by atoms with van der Waals surface area (Å²) in [6.45, 7) is 2.00. The molecule has 0 N–H and O–H groups in total. The van der Waals surface area contributed by atoms with Crippen molar-refractivity contribution in [2.24, 2.45) is 0 Å². The van der Waals surface area contributed by atoms with E-state index in [1.54, 1.807) is 6.20 Å². The summed E-state index contributed by atoms with van der Waals surface area (Å²) in [5.74, 6) is 1.79. The van der Waals surface area contributed by atoms with Gasteiger partial charge in [0.2, 0.25) is 5.88 Å². The number of ether oxygens (including phenoxy) is 1. The molecule has 0 unspecified atom stereocenters. The summed E-state index contributed by atoms with van der Waals surface area (Å²) in [5, 5.41) is 0. The molecule has 0 aliphatic carbocycles. The van der Waals surface area contributed by atoms with Gasteiger partial charge in [-0.05, 0) is 24.6 Å². The van der Waals surface area contributed by atoms with Crippen molar-refractivity contribution >= 4 is 11.6 Å². The minimum absolute atomic E-state index is 0.398. The Morgan fingerprint density at radius 3 is 2.75 bits per heavy atom. The summed E-state index contributed by atoms with van der Waals surface area (Å²) >= 11 is 5.82. The number of benzene rings is 1. The zero-order valence-corrected chi connectivity index (χ0v) is 9.74.